The number of hydrogen-bond donors (Lipinski definition) is 1. The molecule has 2 amide bonds. The lowest BCUT2D eigenvalue weighted by atomic mass is 9.96. The van der Waals surface area contributed by atoms with Crippen molar-refractivity contribution >= 4 is 23.2 Å². The number of hydrogen-bond acceptors (Lipinski definition) is 5. The van der Waals surface area contributed by atoms with Crippen molar-refractivity contribution < 1.29 is 14.0 Å². The average Bonchev–Trinajstić information content (AvgIpc) is 3.35. The molecular weight excluding hydrogens is 350 g/mol. The molecule has 3 rings (SSSR count). The number of carbonyl (C=O) groups excluding carboxylic acids is 2. The number of likely N-dealkylation sites (N-methyl/N-ethyl adjacent to an activating group) is 1. The van der Waals surface area contributed by atoms with E-state index in [0.29, 0.717) is 19.6 Å². The summed E-state index contributed by atoms with van der Waals surface area (Å²) in [7, 11) is 3.92. The van der Waals surface area contributed by atoms with E-state index in [4.69, 9.17) is 4.42 Å². The molecule has 1 fully saturated rings. The summed E-state index contributed by atoms with van der Waals surface area (Å²) in [6.45, 7) is 1.68. The van der Waals surface area contributed by atoms with Gasteiger partial charge in [-0.2, -0.15) is 0 Å². The fraction of sp³-hybridized carbons (Fsp3) is 0.474. The van der Waals surface area contributed by atoms with Crippen molar-refractivity contribution in [2.45, 2.75) is 18.9 Å². The Bertz CT molecular complexity index is 712. The van der Waals surface area contributed by atoms with Gasteiger partial charge in [0.1, 0.15) is 5.76 Å². The highest BCUT2D eigenvalue weighted by Gasteiger charge is 2.30. The predicted octanol–water partition coefficient (Wildman–Crippen LogP) is 2.61. The first-order valence-corrected chi connectivity index (χ1v) is 9.74. The van der Waals surface area contributed by atoms with Crippen molar-refractivity contribution in [3.8, 4) is 0 Å². The van der Waals surface area contributed by atoms with E-state index < -0.39 is 0 Å². The van der Waals surface area contributed by atoms with Crippen LogP contribution in [0.2, 0.25) is 0 Å². The Labute approximate surface area is 157 Å². The monoisotopic (exact) mass is 375 g/mol. The molecule has 6 nitrogen and oxygen atoms in total. The van der Waals surface area contributed by atoms with Gasteiger partial charge in [-0.1, -0.05) is 6.07 Å². The molecule has 2 aromatic rings. The van der Waals surface area contributed by atoms with Crippen molar-refractivity contribution in [3.05, 3.63) is 46.5 Å². The van der Waals surface area contributed by atoms with E-state index in [1.165, 1.54) is 11.3 Å². The Morgan fingerprint density at radius 1 is 1.38 bits per heavy atom. The summed E-state index contributed by atoms with van der Waals surface area (Å²) < 4.78 is 5.48. The molecule has 140 valence electrons. The number of rotatable bonds is 6. The van der Waals surface area contributed by atoms with Crippen LogP contribution in [0.4, 0.5) is 0 Å². The largest absolute Gasteiger partial charge is 0.468 e. The molecule has 1 saturated heterocycles. The predicted molar refractivity (Wildman–Crippen MR) is 101 cm³/mol. The van der Waals surface area contributed by atoms with Crippen molar-refractivity contribution in [3.63, 3.8) is 0 Å². The van der Waals surface area contributed by atoms with Crippen molar-refractivity contribution in [1.82, 2.24) is 15.1 Å². The lowest BCUT2D eigenvalue weighted by molar-refractivity contribution is -0.126. The lowest BCUT2D eigenvalue weighted by Crippen LogP contribution is -2.46. The number of piperidine rings is 1. The molecule has 2 unspecified atom stereocenters. The van der Waals surface area contributed by atoms with Gasteiger partial charge in [0.15, 0.2) is 0 Å². The summed E-state index contributed by atoms with van der Waals surface area (Å²) in [5.74, 6) is 0.701. The third-order valence-corrected chi connectivity index (χ3v) is 5.63. The van der Waals surface area contributed by atoms with Gasteiger partial charge in [-0.3, -0.25) is 14.5 Å². The van der Waals surface area contributed by atoms with Crippen LogP contribution in [-0.4, -0.2) is 55.3 Å². The summed E-state index contributed by atoms with van der Waals surface area (Å²) in [6, 6.07) is 7.47. The fourth-order valence-electron chi connectivity index (χ4n) is 3.29. The van der Waals surface area contributed by atoms with E-state index in [2.05, 4.69) is 5.32 Å². The first-order valence-electron chi connectivity index (χ1n) is 8.86. The van der Waals surface area contributed by atoms with Gasteiger partial charge in [0, 0.05) is 19.6 Å². The second-order valence-corrected chi connectivity index (χ2v) is 7.76. The van der Waals surface area contributed by atoms with Gasteiger partial charge in [-0.15, -0.1) is 11.3 Å². The minimum Gasteiger partial charge on any atom is -0.468 e. The molecule has 0 bridgehead atoms. The van der Waals surface area contributed by atoms with Crippen LogP contribution in [0.5, 0.6) is 0 Å². The third-order valence-electron chi connectivity index (χ3n) is 4.78. The standard InChI is InChI=1S/C19H25N3O3S/c1-21(2)15(16-7-4-10-25-16)12-20-18(23)14-6-3-9-22(13-14)19(24)17-8-5-11-26-17/h4-5,7-8,10-11,14-15H,3,6,9,12-13H2,1-2H3,(H,20,23). The Morgan fingerprint density at radius 3 is 2.88 bits per heavy atom. The zero-order chi connectivity index (χ0) is 18.5. The van der Waals surface area contributed by atoms with Crippen LogP contribution >= 0.6 is 11.3 Å². The Kier molecular flexibility index (Phi) is 6.11. The van der Waals surface area contributed by atoms with E-state index in [1.54, 1.807) is 11.2 Å². The highest BCUT2D eigenvalue weighted by atomic mass is 32.1. The molecule has 1 aliphatic rings. The maximum Gasteiger partial charge on any atom is 0.263 e. The van der Waals surface area contributed by atoms with Gasteiger partial charge in [-0.05, 0) is 50.5 Å². The van der Waals surface area contributed by atoms with Crippen molar-refractivity contribution in [2.24, 2.45) is 5.92 Å². The highest BCUT2D eigenvalue weighted by Crippen LogP contribution is 2.22. The molecule has 7 heteroatoms. The zero-order valence-corrected chi connectivity index (χ0v) is 16.0. The van der Waals surface area contributed by atoms with Crippen LogP contribution in [0.15, 0.2) is 40.3 Å². The Balaban J connectivity index is 1.56. The Hall–Kier alpha value is -2.12. The zero-order valence-electron chi connectivity index (χ0n) is 15.2. The maximum absolute atomic E-state index is 12.7. The molecule has 0 saturated carbocycles. The molecule has 0 aromatic carbocycles. The lowest BCUT2D eigenvalue weighted by Gasteiger charge is -2.32. The Morgan fingerprint density at radius 2 is 2.23 bits per heavy atom. The van der Waals surface area contributed by atoms with E-state index in [0.717, 1.165) is 23.5 Å². The van der Waals surface area contributed by atoms with E-state index in [1.807, 2.05) is 48.6 Å². The van der Waals surface area contributed by atoms with Gasteiger partial charge in [0.2, 0.25) is 5.91 Å². The number of nitrogens with one attached hydrogen (secondary N) is 1. The fourth-order valence-corrected chi connectivity index (χ4v) is 3.98. The number of thiophene rings is 1. The van der Waals surface area contributed by atoms with Gasteiger partial charge in [0.25, 0.3) is 5.91 Å². The third kappa shape index (κ3) is 4.34. The maximum atomic E-state index is 12.7. The average molecular weight is 375 g/mol. The number of furan rings is 1. The number of nitrogens with zero attached hydrogens (tertiary/aromatic N) is 2. The minimum absolute atomic E-state index is 0.00656. The first kappa shape index (κ1) is 18.7. The summed E-state index contributed by atoms with van der Waals surface area (Å²) in [6.07, 6.45) is 3.31. The molecule has 3 heterocycles. The summed E-state index contributed by atoms with van der Waals surface area (Å²) >= 11 is 1.44. The smallest absolute Gasteiger partial charge is 0.263 e. The van der Waals surface area contributed by atoms with Gasteiger partial charge in [-0.25, -0.2) is 0 Å². The molecule has 26 heavy (non-hydrogen) atoms. The van der Waals surface area contributed by atoms with Crippen LogP contribution < -0.4 is 5.32 Å². The van der Waals surface area contributed by atoms with Crippen LogP contribution in [0, 0.1) is 5.92 Å². The molecule has 2 atom stereocenters. The van der Waals surface area contributed by atoms with Crippen LogP contribution in [0.3, 0.4) is 0 Å². The summed E-state index contributed by atoms with van der Waals surface area (Å²) in [5.41, 5.74) is 0. The SMILES string of the molecule is CN(C)C(CNC(=O)C1CCCN(C(=O)c2cccs2)C1)c1ccco1. The van der Waals surface area contributed by atoms with E-state index in [-0.39, 0.29) is 23.8 Å². The highest BCUT2D eigenvalue weighted by molar-refractivity contribution is 7.12. The summed E-state index contributed by atoms with van der Waals surface area (Å²) in [5, 5.41) is 4.94. The van der Waals surface area contributed by atoms with Crippen LogP contribution in [0.1, 0.15) is 34.3 Å². The molecule has 1 N–H and O–H groups in total. The van der Waals surface area contributed by atoms with Crippen molar-refractivity contribution in [1.29, 1.82) is 0 Å². The molecule has 2 aromatic heterocycles. The van der Waals surface area contributed by atoms with Crippen LogP contribution in [-0.2, 0) is 4.79 Å². The van der Waals surface area contributed by atoms with Gasteiger partial charge in [0.05, 0.1) is 23.1 Å². The van der Waals surface area contributed by atoms with Crippen LogP contribution in [0.25, 0.3) is 0 Å². The first-order chi connectivity index (χ1) is 12.6. The topological polar surface area (TPSA) is 65.8 Å². The number of carbonyl (C=O) groups is 2. The minimum atomic E-state index is -0.160. The summed E-state index contributed by atoms with van der Waals surface area (Å²) in [4.78, 5) is 29.7. The van der Waals surface area contributed by atoms with E-state index >= 15 is 0 Å². The molecule has 0 spiro atoms. The molecule has 1 aliphatic heterocycles. The molecule has 0 radical (unpaired) electrons. The number of likely N-dealkylation sites (tertiary alicyclic amines) is 1. The molecule has 0 aliphatic carbocycles. The van der Waals surface area contributed by atoms with Crippen molar-refractivity contribution in [2.75, 3.05) is 33.7 Å². The second kappa shape index (κ2) is 8.51. The second-order valence-electron chi connectivity index (χ2n) is 6.81. The normalized spacial score (nSPS) is 18.7. The van der Waals surface area contributed by atoms with Gasteiger partial charge < -0.3 is 14.6 Å². The molecular formula is C19H25N3O3S. The quantitative estimate of drug-likeness (QED) is 0.843. The van der Waals surface area contributed by atoms with E-state index in [9.17, 15) is 9.59 Å². The van der Waals surface area contributed by atoms with Gasteiger partial charge >= 0.3 is 0 Å². The number of amides is 2.